The molecule has 0 aliphatic carbocycles. The molecule has 5 heteroatoms. The highest BCUT2D eigenvalue weighted by Gasteiger charge is 2.41. The van der Waals surface area contributed by atoms with Crippen LogP contribution >= 0.6 is 0 Å². The van der Waals surface area contributed by atoms with E-state index in [1.54, 1.807) is 11.8 Å². The van der Waals surface area contributed by atoms with Gasteiger partial charge in [0.1, 0.15) is 0 Å². The van der Waals surface area contributed by atoms with Crippen LogP contribution in [0.3, 0.4) is 0 Å². The summed E-state index contributed by atoms with van der Waals surface area (Å²) in [7, 11) is 0. The fraction of sp³-hybridized carbons (Fsp3) is 0.857. The van der Waals surface area contributed by atoms with Crippen molar-refractivity contribution in [3.8, 4) is 0 Å². The molecule has 2 aliphatic heterocycles. The molecule has 19 heavy (non-hydrogen) atoms. The third-order valence-electron chi connectivity index (χ3n) is 4.56. The quantitative estimate of drug-likeness (QED) is 0.786. The number of nitrogens with zero attached hydrogens (tertiary/aromatic N) is 1. The number of hydrogen-bond acceptors (Lipinski definition) is 3. The molecule has 0 radical (unpaired) electrons. The first kappa shape index (κ1) is 14.3. The van der Waals surface area contributed by atoms with Crippen molar-refractivity contribution in [2.24, 2.45) is 11.3 Å². The Kier molecular flexibility index (Phi) is 4.13. The molecule has 0 saturated carbocycles. The van der Waals surface area contributed by atoms with Crippen LogP contribution in [0.15, 0.2) is 0 Å². The summed E-state index contributed by atoms with van der Waals surface area (Å²) in [6, 6.07) is -0.134. The molecule has 3 atom stereocenters. The number of carbonyl (C=O) groups excluding carboxylic acids is 1. The molecule has 2 saturated heterocycles. The van der Waals surface area contributed by atoms with Gasteiger partial charge < -0.3 is 15.3 Å². The third kappa shape index (κ3) is 2.91. The van der Waals surface area contributed by atoms with E-state index < -0.39 is 11.4 Å². The lowest BCUT2D eigenvalue weighted by Gasteiger charge is -2.41. The normalized spacial score (nSPS) is 36.0. The smallest absolute Gasteiger partial charge is 0.311 e. The Bertz CT molecular complexity index is 372. The monoisotopic (exact) mass is 268 g/mol. The van der Waals surface area contributed by atoms with Crippen LogP contribution in [-0.2, 0) is 9.59 Å². The number of carboxylic acid groups (broad SMARTS) is 1. The van der Waals surface area contributed by atoms with Crippen LogP contribution in [0.2, 0.25) is 0 Å². The summed E-state index contributed by atoms with van der Waals surface area (Å²) in [6.45, 7) is 5.74. The predicted octanol–water partition coefficient (Wildman–Crippen LogP) is 1.09. The summed E-state index contributed by atoms with van der Waals surface area (Å²) in [5, 5.41) is 12.6. The van der Waals surface area contributed by atoms with Gasteiger partial charge in [0.05, 0.1) is 11.5 Å². The average molecular weight is 268 g/mol. The second kappa shape index (κ2) is 5.49. The van der Waals surface area contributed by atoms with E-state index in [0.717, 1.165) is 25.8 Å². The van der Waals surface area contributed by atoms with E-state index >= 15 is 0 Å². The number of aliphatic carboxylic acids is 1. The van der Waals surface area contributed by atoms with Gasteiger partial charge in [-0.2, -0.15) is 0 Å². The molecule has 0 aromatic rings. The summed E-state index contributed by atoms with van der Waals surface area (Å²) >= 11 is 0. The fourth-order valence-electron chi connectivity index (χ4n) is 3.18. The lowest BCUT2D eigenvalue weighted by atomic mass is 9.81. The van der Waals surface area contributed by atoms with Crippen molar-refractivity contribution in [2.45, 2.75) is 45.6 Å². The van der Waals surface area contributed by atoms with Gasteiger partial charge in [-0.3, -0.25) is 9.59 Å². The minimum atomic E-state index is -0.797. The third-order valence-corrected chi connectivity index (χ3v) is 4.56. The van der Waals surface area contributed by atoms with E-state index in [2.05, 4.69) is 12.2 Å². The van der Waals surface area contributed by atoms with Crippen LogP contribution in [0, 0.1) is 11.3 Å². The molecule has 2 aliphatic rings. The Morgan fingerprint density at radius 3 is 2.74 bits per heavy atom. The van der Waals surface area contributed by atoms with Crippen LogP contribution in [0.25, 0.3) is 0 Å². The molecule has 0 aromatic carbocycles. The number of carbonyl (C=O) groups is 2. The molecule has 0 aromatic heterocycles. The topological polar surface area (TPSA) is 69.6 Å². The molecule has 2 N–H and O–H groups in total. The molecule has 2 heterocycles. The van der Waals surface area contributed by atoms with Crippen LogP contribution < -0.4 is 5.32 Å². The van der Waals surface area contributed by atoms with Crippen LogP contribution in [0.5, 0.6) is 0 Å². The zero-order chi connectivity index (χ0) is 14.0. The average Bonchev–Trinajstić information content (AvgIpc) is 2.38. The summed E-state index contributed by atoms with van der Waals surface area (Å²) in [6.07, 6.45) is 3.60. The first-order valence-corrected chi connectivity index (χ1v) is 7.19. The van der Waals surface area contributed by atoms with E-state index in [1.165, 1.54) is 0 Å². The number of hydrogen-bond donors (Lipinski definition) is 2. The van der Waals surface area contributed by atoms with E-state index in [1.807, 2.05) is 0 Å². The van der Waals surface area contributed by atoms with Crippen molar-refractivity contribution in [3.63, 3.8) is 0 Å². The van der Waals surface area contributed by atoms with Gasteiger partial charge in [0, 0.05) is 13.1 Å². The maximum Gasteiger partial charge on any atom is 0.311 e. The number of nitrogens with one attached hydrogen (secondary N) is 1. The van der Waals surface area contributed by atoms with Gasteiger partial charge in [0.25, 0.3) is 0 Å². The van der Waals surface area contributed by atoms with Crippen molar-refractivity contribution >= 4 is 11.9 Å². The van der Waals surface area contributed by atoms with Gasteiger partial charge in [-0.1, -0.05) is 6.92 Å². The van der Waals surface area contributed by atoms with Gasteiger partial charge in [-0.15, -0.1) is 0 Å². The second-order valence-electron chi connectivity index (χ2n) is 6.28. The van der Waals surface area contributed by atoms with Gasteiger partial charge in [-0.25, -0.2) is 0 Å². The molecule has 0 bridgehead atoms. The maximum absolute atomic E-state index is 12.5. The minimum Gasteiger partial charge on any atom is -0.481 e. The fourth-order valence-corrected chi connectivity index (χ4v) is 3.18. The number of likely N-dealkylation sites (tertiary alicyclic amines) is 1. The molecule has 3 unspecified atom stereocenters. The van der Waals surface area contributed by atoms with Crippen molar-refractivity contribution in [1.29, 1.82) is 0 Å². The zero-order valence-electron chi connectivity index (χ0n) is 11.8. The predicted molar refractivity (Wildman–Crippen MR) is 71.7 cm³/mol. The van der Waals surface area contributed by atoms with Gasteiger partial charge in [0.15, 0.2) is 0 Å². The summed E-state index contributed by atoms with van der Waals surface area (Å²) < 4.78 is 0. The van der Waals surface area contributed by atoms with Crippen molar-refractivity contribution < 1.29 is 14.7 Å². The number of amides is 1. The first-order chi connectivity index (χ1) is 8.94. The van der Waals surface area contributed by atoms with Gasteiger partial charge in [-0.05, 0) is 45.1 Å². The van der Waals surface area contributed by atoms with E-state index in [9.17, 15) is 14.7 Å². The van der Waals surface area contributed by atoms with Crippen molar-refractivity contribution in [1.82, 2.24) is 10.2 Å². The van der Waals surface area contributed by atoms with E-state index in [-0.39, 0.29) is 11.9 Å². The standard InChI is InChI=1S/C14H24N2O3/c1-10-5-3-7-15-11(10)12(17)16-8-4-6-14(2,9-16)13(18)19/h10-11,15H,3-9H2,1-2H3,(H,18,19). The largest absolute Gasteiger partial charge is 0.481 e. The Morgan fingerprint density at radius 1 is 1.37 bits per heavy atom. The number of piperidine rings is 2. The highest BCUT2D eigenvalue weighted by atomic mass is 16.4. The SMILES string of the molecule is CC1CCCNC1C(=O)N1CCCC(C)(C(=O)O)C1. The minimum absolute atomic E-state index is 0.0828. The molecule has 0 spiro atoms. The van der Waals surface area contributed by atoms with E-state index in [0.29, 0.717) is 25.4 Å². The highest BCUT2D eigenvalue weighted by molar-refractivity contribution is 5.84. The Balaban J connectivity index is 2.04. The number of rotatable bonds is 2. The molecular formula is C14H24N2O3. The molecular weight excluding hydrogens is 244 g/mol. The molecule has 2 fully saturated rings. The van der Waals surface area contributed by atoms with Gasteiger partial charge >= 0.3 is 5.97 Å². The highest BCUT2D eigenvalue weighted by Crippen LogP contribution is 2.30. The Labute approximate surface area is 114 Å². The summed E-state index contributed by atoms with van der Waals surface area (Å²) in [5.41, 5.74) is -0.786. The maximum atomic E-state index is 12.5. The molecule has 2 rings (SSSR count). The molecule has 1 amide bonds. The Morgan fingerprint density at radius 2 is 2.11 bits per heavy atom. The van der Waals surface area contributed by atoms with Crippen LogP contribution in [0.4, 0.5) is 0 Å². The van der Waals surface area contributed by atoms with Gasteiger partial charge in [0.2, 0.25) is 5.91 Å². The lowest BCUT2D eigenvalue weighted by Crippen LogP contribution is -2.56. The van der Waals surface area contributed by atoms with E-state index in [4.69, 9.17) is 0 Å². The van der Waals surface area contributed by atoms with Crippen molar-refractivity contribution in [2.75, 3.05) is 19.6 Å². The lowest BCUT2D eigenvalue weighted by molar-refractivity contribution is -0.154. The zero-order valence-corrected chi connectivity index (χ0v) is 11.8. The molecule has 5 nitrogen and oxygen atoms in total. The number of carboxylic acids is 1. The second-order valence-corrected chi connectivity index (χ2v) is 6.28. The summed E-state index contributed by atoms with van der Waals surface area (Å²) in [5.74, 6) is -0.381. The van der Waals surface area contributed by atoms with Crippen molar-refractivity contribution in [3.05, 3.63) is 0 Å². The Hall–Kier alpha value is -1.10. The molecule has 108 valence electrons. The van der Waals surface area contributed by atoms with Crippen LogP contribution in [0.1, 0.15) is 39.5 Å². The van der Waals surface area contributed by atoms with Crippen LogP contribution in [-0.4, -0.2) is 47.6 Å². The summed E-state index contributed by atoms with van der Waals surface area (Å²) in [4.78, 5) is 25.6. The first-order valence-electron chi connectivity index (χ1n) is 7.19.